The zero-order valence-corrected chi connectivity index (χ0v) is 27.7. The van der Waals surface area contributed by atoms with Crippen LogP contribution >= 0.6 is 0 Å². The Kier molecular flexibility index (Phi) is 8.62. The van der Waals surface area contributed by atoms with Crippen LogP contribution in [0.3, 0.4) is 0 Å². The molecule has 0 atom stereocenters. The maximum Gasteiger partial charge on any atom is 0.142 e. The van der Waals surface area contributed by atoms with Crippen LogP contribution in [0.4, 0.5) is 0 Å². The number of pyridine rings is 1. The molecule has 3 nitrogen and oxygen atoms in total. The van der Waals surface area contributed by atoms with Gasteiger partial charge in [-0.05, 0) is 50.9 Å². The van der Waals surface area contributed by atoms with Crippen molar-refractivity contribution in [2.45, 2.75) is 0 Å². The monoisotopic (exact) mass is 779 g/mol. The second-order valence-electron chi connectivity index (χ2n) is 11.2. The third-order valence-electron chi connectivity index (χ3n) is 8.29. The zero-order chi connectivity index (χ0) is 30.7. The number of benzene rings is 6. The van der Waals surface area contributed by atoms with Gasteiger partial charge < -0.3 is 4.98 Å². The Morgan fingerprint density at radius 1 is 0.447 bits per heavy atom. The van der Waals surface area contributed by atoms with Gasteiger partial charge in [0.1, 0.15) is 5.82 Å². The van der Waals surface area contributed by atoms with E-state index in [0.29, 0.717) is 5.82 Å². The third kappa shape index (κ3) is 6.17. The summed E-state index contributed by atoms with van der Waals surface area (Å²) >= 11 is 0. The molecule has 0 bridgehead atoms. The fourth-order valence-electron chi connectivity index (χ4n) is 5.98. The number of hydrogen-bond donors (Lipinski definition) is 0. The molecular formula is C43H28IrN3-. The van der Waals surface area contributed by atoms with Gasteiger partial charge in [-0.3, -0.25) is 0 Å². The molecule has 8 aromatic rings. The van der Waals surface area contributed by atoms with Crippen molar-refractivity contribution in [1.29, 1.82) is 0 Å². The van der Waals surface area contributed by atoms with Crippen LogP contribution in [-0.2, 0) is 20.1 Å². The molecule has 0 aliphatic heterocycles. The average Bonchev–Trinajstić information content (AvgIpc) is 3.15. The summed E-state index contributed by atoms with van der Waals surface area (Å²) in [4.78, 5) is 15.1. The molecule has 0 fully saturated rings. The van der Waals surface area contributed by atoms with E-state index in [1.807, 2.05) is 48.7 Å². The second kappa shape index (κ2) is 13.4. The molecular weight excluding hydrogens is 751 g/mol. The molecule has 0 saturated carbocycles. The van der Waals surface area contributed by atoms with Crippen molar-refractivity contribution in [2.75, 3.05) is 0 Å². The molecule has 2 heterocycles. The first kappa shape index (κ1) is 30.1. The summed E-state index contributed by atoms with van der Waals surface area (Å²) < 4.78 is 0. The van der Waals surface area contributed by atoms with Crippen molar-refractivity contribution in [3.05, 3.63) is 176 Å². The van der Waals surface area contributed by atoms with Crippen LogP contribution in [0.5, 0.6) is 0 Å². The predicted molar refractivity (Wildman–Crippen MR) is 189 cm³/mol. The quantitative estimate of drug-likeness (QED) is 0.158. The molecule has 0 N–H and O–H groups in total. The molecule has 0 aliphatic rings. The Labute approximate surface area is 288 Å². The van der Waals surface area contributed by atoms with E-state index in [2.05, 4.69) is 127 Å². The molecule has 0 aliphatic carbocycles. The van der Waals surface area contributed by atoms with Gasteiger partial charge in [0.25, 0.3) is 0 Å². The predicted octanol–water partition coefficient (Wildman–Crippen LogP) is 10.8. The summed E-state index contributed by atoms with van der Waals surface area (Å²) in [6.07, 6.45) is 1.85. The molecule has 4 heteroatoms. The van der Waals surface area contributed by atoms with Crippen molar-refractivity contribution in [3.63, 3.8) is 0 Å². The van der Waals surface area contributed by atoms with Gasteiger partial charge in [-0.2, -0.15) is 0 Å². The molecule has 2 aromatic heterocycles. The molecule has 47 heavy (non-hydrogen) atoms. The number of rotatable bonds is 6. The van der Waals surface area contributed by atoms with Gasteiger partial charge in [-0.25, -0.2) is 9.97 Å². The van der Waals surface area contributed by atoms with E-state index in [1.165, 1.54) is 11.1 Å². The third-order valence-corrected chi connectivity index (χ3v) is 8.29. The van der Waals surface area contributed by atoms with Crippen LogP contribution in [0.15, 0.2) is 170 Å². The summed E-state index contributed by atoms with van der Waals surface area (Å²) in [5.74, 6) is 0.651. The van der Waals surface area contributed by atoms with Crippen molar-refractivity contribution in [2.24, 2.45) is 0 Å². The maximum atomic E-state index is 5.20. The SMILES string of the molecule is [Ir].[c-]1ccc(-c2nc(-c3ccc(-c4ccccc4)cc3)cc(-c3ccccc3-c3ccccc3)n2)cc1-c1nccc2ccccc12. The van der Waals surface area contributed by atoms with Gasteiger partial charge >= 0.3 is 0 Å². The summed E-state index contributed by atoms with van der Waals surface area (Å²) in [6, 6.07) is 59.9. The van der Waals surface area contributed by atoms with E-state index in [0.717, 1.165) is 61.2 Å². The topological polar surface area (TPSA) is 38.7 Å². The van der Waals surface area contributed by atoms with Crippen molar-refractivity contribution >= 4 is 10.8 Å². The minimum Gasteiger partial charge on any atom is -0.304 e. The van der Waals surface area contributed by atoms with Gasteiger partial charge in [-0.15, -0.1) is 29.8 Å². The number of hydrogen-bond acceptors (Lipinski definition) is 3. The van der Waals surface area contributed by atoms with Gasteiger partial charge in [0.05, 0.1) is 11.4 Å². The van der Waals surface area contributed by atoms with Gasteiger partial charge in [0, 0.05) is 37.4 Å². The molecule has 0 amide bonds. The fraction of sp³-hybridized carbons (Fsp3) is 0. The minimum absolute atomic E-state index is 0. The molecule has 0 unspecified atom stereocenters. The summed E-state index contributed by atoms with van der Waals surface area (Å²) in [5, 5.41) is 2.23. The molecule has 8 rings (SSSR count). The second-order valence-corrected chi connectivity index (χ2v) is 11.2. The van der Waals surface area contributed by atoms with Gasteiger partial charge in [0.2, 0.25) is 0 Å². The van der Waals surface area contributed by atoms with Crippen LogP contribution in [0.2, 0.25) is 0 Å². The Morgan fingerprint density at radius 3 is 1.85 bits per heavy atom. The zero-order valence-electron chi connectivity index (χ0n) is 25.3. The van der Waals surface area contributed by atoms with Crippen LogP contribution in [-0.4, -0.2) is 15.0 Å². The van der Waals surface area contributed by atoms with E-state index in [4.69, 9.17) is 15.0 Å². The number of nitrogens with zero attached hydrogens (tertiary/aromatic N) is 3. The van der Waals surface area contributed by atoms with E-state index in [-0.39, 0.29) is 20.1 Å². The van der Waals surface area contributed by atoms with Crippen LogP contribution in [0.25, 0.3) is 78.2 Å². The van der Waals surface area contributed by atoms with Crippen molar-refractivity contribution in [3.8, 4) is 67.4 Å². The Morgan fingerprint density at radius 2 is 1.06 bits per heavy atom. The first-order valence-corrected chi connectivity index (χ1v) is 15.4. The molecule has 0 spiro atoms. The average molecular weight is 779 g/mol. The maximum absolute atomic E-state index is 5.20. The normalized spacial score (nSPS) is 10.8. The first-order valence-electron chi connectivity index (χ1n) is 15.4. The summed E-state index contributed by atoms with van der Waals surface area (Å²) in [6.45, 7) is 0. The van der Waals surface area contributed by atoms with Crippen molar-refractivity contribution in [1.82, 2.24) is 15.0 Å². The fourth-order valence-corrected chi connectivity index (χ4v) is 5.98. The number of fused-ring (bicyclic) bond motifs is 1. The van der Waals surface area contributed by atoms with Crippen LogP contribution < -0.4 is 0 Å². The Hall–Kier alpha value is -5.54. The first-order chi connectivity index (χ1) is 22.8. The Balaban J connectivity index is 0.00000351. The van der Waals surface area contributed by atoms with Crippen LogP contribution in [0.1, 0.15) is 0 Å². The van der Waals surface area contributed by atoms with Gasteiger partial charge in [0.15, 0.2) is 0 Å². The molecule has 1 radical (unpaired) electrons. The van der Waals surface area contributed by atoms with Crippen LogP contribution in [0, 0.1) is 6.07 Å². The summed E-state index contributed by atoms with van der Waals surface area (Å²) in [7, 11) is 0. The smallest absolute Gasteiger partial charge is 0.142 e. The molecule has 225 valence electrons. The largest absolute Gasteiger partial charge is 0.304 e. The van der Waals surface area contributed by atoms with Crippen molar-refractivity contribution < 1.29 is 20.1 Å². The van der Waals surface area contributed by atoms with E-state index >= 15 is 0 Å². The molecule has 0 saturated heterocycles. The van der Waals surface area contributed by atoms with E-state index < -0.39 is 0 Å². The molecule has 6 aromatic carbocycles. The van der Waals surface area contributed by atoms with Gasteiger partial charge in [-0.1, -0.05) is 139 Å². The Bertz CT molecular complexity index is 2290. The van der Waals surface area contributed by atoms with E-state index in [1.54, 1.807) is 0 Å². The summed E-state index contributed by atoms with van der Waals surface area (Å²) in [5.41, 5.74) is 11.1. The minimum atomic E-state index is 0. The van der Waals surface area contributed by atoms with E-state index in [9.17, 15) is 0 Å². The number of aromatic nitrogens is 3. The standard InChI is InChI=1S/C43H28N3.Ir/c1-3-12-30(13-4-1)31-22-24-34(25-23-31)40-29-41(39-21-10-9-19-37(39)32-14-5-2-6-15-32)46-43(45-40)36-18-11-17-35(28-36)42-38-20-8-7-16-33(38)26-27-44-42;/h1-16,18-29H;/q-1;.